The van der Waals surface area contributed by atoms with Crippen LogP contribution in [-0.4, -0.2) is 26.2 Å². The average molecular weight is 240 g/mol. The molecule has 0 atom stereocenters. The summed E-state index contributed by atoms with van der Waals surface area (Å²) in [5.41, 5.74) is 0.924. The van der Waals surface area contributed by atoms with E-state index in [1.807, 2.05) is 6.07 Å². The van der Waals surface area contributed by atoms with Crippen molar-refractivity contribution in [3.05, 3.63) is 29.6 Å². The highest BCUT2D eigenvalue weighted by molar-refractivity contribution is 5.29. The molecule has 0 aliphatic heterocycles. The topological polar surface area (TPSA) is 33.3 Å². The van der Waals surface area contributed by atoms with E-state index >= 15 is 0 Å². The molecule has 1 rings (SSSR count). The lowest BCUT2D eigenvalue weighted by Gasteiger charge is -2.09. The number of benzene rings is 1. The van der Waals surface area contributed by atoms with Gasteiger partial charge >= 0.3 is 0 Å². The first-order chi connectivity index (χ1) is 8.13. The van der Waals surface area contributed by atoms with Crippen molar-refractivity contribution >= 4 is 0 Å². The van der Waals surface area contributed by atoms with E-state index < -0.39 is 0 Å². The predicted octanol–water partition coefficient (Wildman–Crippen LogP) is 1.92. The summed E-state index contributed by atoms with van der Waals surface area (Å²) in [4.78, 5) is 0. The molecule has 0 fully saturated rings. The molecule has 17 heavy (non-hydrogen) atoms. The van der Waals surface area contributed by atoms with E-state index in [-0.39, 0.29) is 11.6 Å². The van der Waals surface area contributed by atoms with E-state index in [4.69, 9.17) is 4.74 Å². The van der Waals surface area contributed by atoms with E-state index in [0.29, 0.717) is 12.6 Å². The van der Waals surface area contributed by atoms with Crippen LogP contribution in [0, 0.1) is 5.82 Å². The Kier molecular flexibility index (Phi) is 5.94. The molecular weight excluding hydrogens is 219 g/mol. The number of nitrogens with one attached hydrogen (secondary N) is 2. The predicted molar refractivity (Wildman–Crippen MR) is 67.8 cm³/mol. The summed E-state index contributed by atoms with van der Waals surface area (Å²) in [6.07, 6.45) is 0. The van der Waals surface area contributed by atoms with E-state index in [0.717, 1.165) is 18.7 Å². The van der Waals surface area contributed by atoms with Crippen LogP contribution in [0.15, 0.2) is 18.2 Å². The molecule has 0 aliphatic carbocycles. The smallest absolute Gasteiger partial charge is 0.165 e. The van der Waals surface area contributed by atoms with Gasteiger partial charge in [-0.25, -0.2) is 4.39 Å². The highest BCUT2D eigenvalue weighted by Crippen LogP contribution is 2.17. The van der Waals surface area contributed by atoms with Crippen molar-refractivity contribution in [2.75, 3.05) is 20.2 Å². The molecule has 0 amide bonds. The Morgan fingerprint density at radius 1 is 1.29 bits per heavy atom. The maximum atomic E-state index is 13.4. The molecule has 1 aromatic rings. The van der Waals surface area contributed by atoms with Gasteiger partial charge in [-0.2, -0.15) is 0 Å². The van der Waals surface area contributed by atoms with Crippen molar-refractivity contribution in [1.29, 1.82) is 0 Å². The zero-order chi connectivity index (χ0) is 12.7. The molecule has 0 bridgehead atoms. The quantitative estimate of drug-likeness (QED) is 0.714. The normalized spacial score (nSPS) is 10.9. The zero-order valence-electron chi connectivity index (χ0n) is 10.7. The van der Waals surface area contributed by atoms with Gasteiger partial charge in [0.25, 0.3) is 0 Å². The SMILES string of the molecule is COc1ccc(CNCCNC(C)C)cc1F. The maximum absolute atomic E-state index is 13.4. The molecule has 0 spiro atoms. The van der Waals surface area contributed by atoms with E-state index in [9.17, 15) is 4.39 Å². The number of hydrogen-bond donors (Lipinski definition) is 2. The number of rotatable bonds is 7. The molecule has 0 saturated heterocycles. The number of halogens is 1. The number of hydrogen-bond acceptors (Lipinski definition) is 3. The van der Waals surface area contributed by atoms with Gasteiger partial charge in [0.1, 0.15) is 0 Å². The Bertz CT molecular complexity index is 342. The molecule has 4 heteroatoms. The van der Waals surface area contributed by atoms with Crippen molar-refractivity contribution in [2.45, 2.75) is 26.4 Å². The molecule has 3 nitrogen and oxygen atoms in total. The first-order valence-electron chi connectivity index (χ1n) is 5.90. The van der Waals surface area contributed by atoms with Gasteiger partial charge in [-0.15, -0.1) is 0 Å². The van der Waals surface area contributed by atoms with Crippen LogP contribution in [0.4, 0.5) is 4.39 Å². The van der Waals surface area contributed by atoms with Crippen LogP contribution in [-0.2, 0) is 6.54 Å². The minimum Gasteiger partial charge on any atom is -0.494 e. The van der Waals surface area contributed by atoms with Crippen molar-refractivity contribution in [1.82, 2.24) is 10.6 Å². The van der Waals surface area contributed by atoms with Crippen molar-refractivity contribution in [3.63, 3.8) is 0 Å². The lowest BCUT2D eigenvalue weighted by Crippen LogP contribution is -2.31. The average Bonchev–Trinajstić information content (AvgIpc) is 2.28. The van der Waals surface area contributed by atoms with Crippen molar-refractivity contribution in [3.8, 4) is 5.75 Å². The Balaban J connectivity index is 2.30. The molecule has 96 valence electrons. The number of methoxy groups -OCH3 is 1. The molecule has 2 N–H and O–H groups in total. The van der Waals surface area contributed by atoms with Gasteiger partial charge in [-0.3, -0.25) is 0 Å². The van der Waals surface area contributed by atoms with Crippen molar-refractivity contribution in [2.24, 2.45) is 0 Å². The highest BCUT2D eigenvalue weighted by atomic mass is 19.1. The van der Waals surface area contributed by atoms with Crippen LogP contribution >= 0.6 is 0 Å². The summed E-state index contributed by atoms with van der Waals surface area (Å²) in [5.74, 6) is -0.0256. The van der Waals surface area contributed by atoms with Gasteiger partial charge in [0, 0.05) is 25.7 Å². The molecule has 0 radical (unpaired) electrons. The molecule has 1 aromatic carbocycles. The third kappa shape index (κ3) is 5.15. The third-order valence-electron chi connectivity index (χ3n) is 2.40. The van der Waals surface area contributed by atoms with Crippen LogP contribution in [0.1, 0.15) is 19.4 Å². The first kappa shape index (κ1) is 13.9. The van der Waals surface area contributed by atoms with Crippen molar-refractivity contribution < 1.29 is 9.13 Å². The first-order valence-corrected chi connectivity index (χ1v) is 5.90. The molecule has 0 unspecified atom stereocenters. The van der Waals surface area contributed by atoms with Crippen LogP contribution < -0.4 is 15.4 Å². The lowest BCUT2D eigenvalue weighted by atomic mass is 10.2. The van der Waals surface area contributed by atoms with Crippen LogP contribution in [0.25, 0.3) is 0 Å². The number of ether oxygens (including phenoxy) is 1. The standard InChI is InChI=1S/C13H21FN2O/c1-10(2)16-7-6-15-9-11-4-5-13(17-3)12(14)8-11/h4-5,8,10,15-16H,6-7,9H2,1-3H3. The molecule has 0 heterocycles. The monoisotopic (exact) mass is 240 g/mol. The summed E-state index contributed by atoms with van der Waals surface area (Å²) in [6.45, 7) is 6.67. The summed E-state index contributed by atoms with van der Waals surface area (Å²) >= 11 is 0. The van der Waals surface area contributed by atoms with E-state index in [1.165, 1.54) is 13.2 Å². The van der Waals surface area contributed by atoms with Crippen LogP contribution in [0.2, 0.25) is 0 Å². The third-order valence-corrected chi connectivity index (χ3v) is 2.40. The van der Waals surface area contributed by atoms with Gasteiger partial charge in [0.05, 0.1) is 7.11 Å². The Morgan fingerprint density at radius 3 is 2.65 bits per heavy atom. The molecular formula is C13H21FN2O. The maximum Gasteiger partial charge on any atom is 0.165 e. The molecule has 0 aromatic heterocycles. The molecule has 0 saturated carbocycles. The van der Waals surface area contributed by atoms with Gasteiger partial charge in [0.15, 0.2) is 11.6 Å². The van der Waals surface area contributed by atoms with Gasteiger partial charge < -0.3 is 15.4 Å². The Hall–Kier alpha value is -1.13. The largest absolute Gasteiger partial charge is 0.494 e. The lowest BCUT2D eigenvalue weighted by molar-refractivity contribution is 0.386. The van der Waals surface area contributed by atoms with Gasteiger partial charge in [-0.05, 0) is 17.7 Å². The zero-order valence-corrected chi connectivity index (χ0v) is 10.7. The fraction of sp³-hybridized carbons (Fsp3) is 0.538. The van der Waals surface area contributed by atoms with Crippen LogP contribution in [0.5, 0.6) is 5.75 Å². The van der Waals surface area contributed by atoms with E-state index in [1.54, 1.807) is 6.07 Å². The fourth-order valence-corrected chi connectivity index (χ4v) is 1.50. The van der Waals surface area contributed by atoms with Crippen LogP contribution in [0.3, 0.4) is 0 Å². The fourth-order valence-electron chi connectivity index (χ4n) is 1.50. The minimum absolute atomic E-state index is 0.287. The summed E-state index contributed by atoms with van der Waals surface area (Å²) < 4.78 is 18.2. The van der Waals surface area contributed by atoms with Gasteiger partial charge in [-0.1, -0.05) is 19.9 Å². The summed E-state index contributed by atoms with van der Waals surface area (Å²) in [6, 6.07) is 5.51. The minimum atomic E-state index is -0.313. The second-order valence-electron chi connectivity index (χ2n) is 4.25. The highest BCUT2D eigenvalue weighted by Gasteiger charge is 2.02. The Labute approximate surface area is 102 Å². The summed E-state index contributed by atoms with van der Waals surface area (Å²) in [5, 5.41) is 6.56. The van der Waals surface area contributed by atoms with E-state index in [2.05, 4.69) is 24.5 Å². The Morgan fingerprint density at radius 2 is 2.06 bits per heavy atom. The van der Waals surface area contributed by atoms with Gasteiger partial charge in [0.2, 0.25) is 0 Å². The molecule has 0 aliphatic rings. The summed E-state index contributed by atoms with van der Waals surface area (Å²) in [7, 11) is 1.47. The second kappa shape index (κ2) is 7.25. The second-order valence-corrected chi connectivity index (χ2v) is 4.25.